The highest BCUT2D eigenvalue weighted by molar-refractivity contribution is 5.94. The highest BCUT2D eigenvalue weighted by Gasteiger charge is 2.33. The Morgan fingerprint density at radius 1 is 1.03 bits per heavy atom. The molecule has 0 unspecified atom stereocenters. The van der Waals surface area contributed by atoms with Crippen LogP contribution in [0.2, 0.25) is 0 Å². The molecule has 0 radical (unpaired) electrons. The average Bonchev–Trinajstić information content (AvgIpc) is 2.77. The summed E-state index contributed by atoms with van der Waals surface area (Å²) >= 11 is 0. The molecule has 31 heavy (non-hydrogen) atoms. The number of benzene rings is 1. The number of hydrogen-bond donors (Lipinski definition) is 2. The molecule has 0 saturated carbocycles. The summed E-state index contributed by atoms with van der Waals surface area (Å²) in [5.41, 5.74) is 0.901. The molecular weight excluding hydrogens is 400 g/mol. The van der Waals surface area contributed by atoms with E-state index in [1.807, 2.05) is 0 Å². The molecule has 1 saturated heterocycles. The van der Waals surface area contributed by atoms with Crippen LogP contribution in [0.5, 0.6) is 17.2 Å². The molecule has 0 spiro atoms. The lowest BCUT2D eigenvalue weighted by atomic mass is 9.86. The largest absolute Gasteiger partial charge is 0.493 e. The summed E-state index contributed by atoms with van der Waals surface area (Å²) in [5, 5.41) is 2.78. The number of hydrogen-bond acceptors (Lipinski definition) is 7. The fourth-order valence-electron chi connectivity index (χ4n) is 4.32. The lowest BCUT2D eigenvalue weighted by Gasteiger charge is -2.32. The minimum Gasteiger partial charge on any atom is -0.493 e. The van der Waals surface area contributed by atoms with Gasteiger partial charge in [-0.25, -0.2) is 0 Å². The van der Waals surface area contributed by atoms with Gasteiger partial charge >= 0.3 is 0 Å². The van der Waals surface area contributed by atoms with Gasteiger partial charge in [-0.15, -0.1) is 0 Å². The first-order valence-corrected chi connectivity index (χ1v) is 10.4. The number of piperidine rings is 1. The Bertz CT molecular complexity index is 1020. The van der Waals surface area contributed by atoms with Crippen LogP contribution in [0.25, 0.3) is 0 Å². The van der Waals surface area contributed by atoms with E-state index in [4.69, 9.17) is 14.2 Å². The molecule has 2 aliphatic heterocycles. The van der Waals surface area contributed by atoms with Crippen LogP contribution < -0.4 is 30.0 Å². The van der Waals surface area contributed by atoms with Gasteiger partial charge in [-0.1, -0.05) is 6.92 Å². The van der Waals surface area contributed by atoms with Gasteiger partial charge in [0.05, 0.1) is 26.9 Å². The van der Waals surface area contributed by atoms with Crippen molar-refractivity contribution in [2.45, 2.75) is 32.1 Å². The van der Waals surface area contributed by atoms with E-state index in [-0.39, 0.29) is 17.9 Å². The molecule has 2 aromatic rings. The molecule has 2 aliphatic rings. The van der Waals surface area contributed by atoms with E-state index < -0.39 is 5.92 Å². The number of carbonyl (C=O) groups is 1. The van der Waals surface area contributed by atoms with Crippen molar-refractivity contribution in [1.29, 1.82) is 0 Å². The second kappa shape index (κ2) is 8.49. The van der Waals surface area contributed by atoms with Gasteiger partial charge in [0.25, 0.3) is 5.56 Å². The smallest absolute Gasteiger partial charge is 0.258 e. The van der Waals surface area contributed by atoms with E-state index in [1.54, 1.807) is 12.1 Å². The van der Waals surface area contributed by atoms with Crippen LogP contribution >= 0.6 is 0 Å². The second-order valence-corrected chi connectivity index (χ2v) is 8.08. The van der Waals surface area contributed by atoms with Crippen molar-refractivity contribution >= 4 is 17.7 Å². The molecular formula is C22H28N4O5. The van der Waals surface area contributed by atoms with Crippen molar-refractivity contribution in [3.63, 3.8) is 0 Å². The highest BCUT2D eigenvalue weighted by Crippen LogP contribution is 2.43. The number of fused-ring (bicyclic) bond motifs is 1. The van der Waals surface area contributed by atoms with Gasteiger partial charge in [-0.05, 0) is 36.5 Å². The number of anilines is 2. The van der Waals surface area contributed by atoms with Crippen molar-refractivity contribution < 1.29 is 19.0 Å². The molecule has 3 heterocycles. The Morgan fingerprint density at radius 3 is 2.26 bits per heavy atom. The number of nitrogens with one attached hydrogen (secondary N) is 2. The van der Waals surface area contributed by atoms with E-state index in [0.29, 0.717) is 40.5 Å². The molecule has 4 rings (SSSR count). The van der Waals surface area contributed by atoms with Gasteiger partial charge in [0.2, 0.25) is 17.6 Å². The molecule has 9 nitrogen and oxygen atoms in total. The number of carbonyl (C=O) groups excluding carboxylic acids is 1. The van der Waals surface area contributed by atoms with Crippen LogP contribution in [0.4, 0.5) is 11.8 Å². The summed E-state index contributed by atoms with van der Waals surface area (Å²) in [6.07, 6.45) is 2.21. The number of rotatable bonds is 5. The average molecular weight is 428 g/mol. The second-order valence-electron chi connectivity index (χ2n) is 8.08. The summed E-state index contributed by atoms with van der Waals surface area (Å²) in [6.45, 7) is 3.88. The lowest BCUT2D eigenvalue weighted by Crippen LogP contribution is -2.37. The quantitative estimate of drug-likeness (QED) is 0.754. The molecule has 0 bridgehead atoms. The van der Waals surface area contributed by atoms with Crippen molar-refractivity contribution in [3.05, 3.63) is 33.6 Å². The number of aromatic nitrogens is 2. The Kier molecular flexibility index (Phi) is 5.75. The molecule has 1 atom stereocenters. The Morgan fingerprint density at radius 2 is 1.68 bits per heavy atom. The number of methoxy groups -OCH3 is 3. The standard InChI is InChI=1S/C22H28N4O5/c1-12-5-7-26(8-6-12)22-24-20-18(21(28)25-22)14(11-17(27)23-20)13-9-15(29-2)19(31-4)16(10-13)30-3/h9-10,12,14H,5-8,11H2,1-4H3,(H2,23,24,25,27,28)/t14-/m0/s1. The summed E-state index contributed by atoms with van der Waals surface area (Å²) in [4.78, 5) is 35.3. The summed E-state index contributed by atoms with van der Waals surface area (Å²) in [5.74, 6) is 2.18. The minimum atomic E-state index is -0.482. The Balaban J connectivity index is 1.78. The van der Waals surface area contributed by atoms with Crippen molar-refractivity contribution in [3.8, 4) is 17.2 Å². The number of amides is 1. The first-order chi connectivity index (χ1) is 14.9. The minimum absolute atomic E-state index is 0.122. The normalized spacial score (nSPS) is 18.9. The van der Waals surface area contributed by atoms with Gasteiger partial charge in [0.1, 0.15) is 5.82 Å². The maximum absolute atomic E-state index is 13.2. The Labute approximate surface area is 180 Å². The van der Waals surface area contributed by atoms with E-state index in [0.717, 1.165) is 31.5 Å². The zero-order valence-corrected chi connectivity index (χ0v) is 18.3. The molecule has 1 aromatic carbocycles. The molecule has 166 valence electrons. The van der Waals surface area contributed by atoms with E-state index in [1.165, 1.54) is 21.3 Å². The summed E-state index contributed by atoms with van der Waals surface area (Å²) < 4.78 is 16.3. The third-order valence-corrected chi connectivity index (χ3v) is 6.11. The molecule has 2 N–H and O–H groups in total. The van der Waals surface area contributed by atoms with E-state index in [2.05, 4.69) is 27.1 Å². The van der Waals surface area contributed by atoms with Crippen molar-refractivity contribution in [2.24, 2.45) is 5.92 Å². The maximum Gasteiger partial charge on any atom is 0.258 e. The number of nitrogens with zero attached hydrogens (tertiary/aromatic N) is 2. The Hall–Kier alpha value is -3.23. The van der Waals surface area contributed by atoms with Crippen LogP contribution in [0.15, 0.2) is 16.9 Å². The third kappa shape index (κ3) is 3.92. The van der Waals surface area contributed by atoms with E-state index in [9.17, 15) is 9.59 Å². The van der Waals surface area contributed by atoms with Crippen LogP contribution in [0.1, 0.15) is 43.2 Å². The fraction of sp³-hybridized carbons (Fsp3) is 0.500. The molecule has 1 fully saturated rings. The summed E-state index contributed by atoms with van der Waals surface area (Å²) in [7, 11) is 4.59. The first kappa shape index (κ1) is 21.0. The maximum atomic E-state index is 13.2. The monoisotopic (exact) mass is 428 g/mol. The van der Waals surface area contributed by atoms with Gasteiger partial charge in [-0.3, -0.25) is 14.6 Å². The summed E-state index contributed by atoms with van der Waals surface area (Å²) in [6, 6.07) is 3.54. The number of aromatic amines is 1. The number of H-pyrrole nitrogens is 1. The SMILES string of the molecule is COc1cc([C@@H]2CC(=O)Nc3nc(N4CCC(C)CC4)[nH]c(=O)c32)cc(OC)c1OC. The fourth-order valence-corrected chi connectivity index (χ4v) is 4.32. The van der Waals surface area contributed by atoms with Gasteiger partial charge in [-0.2, -0.15) is 4.98 Å². The molecule has 1 amide bonds. The van der Waals surface area contributed by atoms with Crippen LogP contribution in [0, 0.1) is 5.92 Å². The van der Waals surface area contributed by atoms with Gasteiger partial charge < -0.3 is 24.4 Å². The zero-order valence-electron chi connectivity index (χ0n) is 18.3. The lowest BCUT2D eigenvalue weighted by molar-refractivity contribution is -0.116. The van der Waals surface area contributed by atoms with Crippen LogP contribution in [0.3, 0.4) is 0 Å². The predicted octanol–water partition coefficient (Wildman–Crippen LogP) is 2.51. The van der Waals surface area contributed by atoms with E-state index >= 15 is 0 Å². The third-order valence-electron chi connectivity index (χ3n) is 6.11. The topological polar surface area (TPSA) is 106 Å². The van der Waals surface area contributed by atoms with Crippen LogP contribution in [-0.4, -0.2) is 50.3 Å². The first-order valence-electron chi connectivity index (χ1n) is 10.4. The molecule has 1 aromatic heterocycles. The van der Waals surface area contributed by atoms with Crippen molar-refractivity contribution in [2.75, 3.05) is 44.6 Å². The molecule has 0 aliphatic carbocycles. The highest BCUT2D eigenvalue weighted by atomic mass is 16.5. The zero-order chi connectivity index (χ0) is 22.1. The van der Waals surface area contributed by atoms with Gasteiger partial charge in [0, 0.05) is 25.4 Å². The van der Waals surface area contributed by atoms with Crippen LogP contribution in [-0.2, 0) is 4.79 Å². The predicted molar refractivity (Wildman–Crippen MR) is 117 cm³/mol. The molecule has 9 heteroatoms. The number of ether oxygens (including phenoxy) is 3. The van der Waals surface area contributed by atoms with Crippen molar-refractivity contribution in [1.82, 2.24) is 9.97 Å². The van der Waals surface area contributed by atoms with Gasteiger partial charge in [0.15, 0.2) is 11.5 Å².